The highest BCUT2D eigenvalue weighted by molar-refractivity contribution is 7.89. The molecule has 0 aliphatic heterocycles. The van der Waals surface area contributed by atoms with Gasteiger partial charge in [-0.1, -0.05) is 18.1 Å². The van der Waals surface area contributed by atoms with Gasteiger partial charge in [0.2, 0.25) is 10.0 Å². The van der Waals surface area contributed by atoms with Gasteiger partial charge in [0.05, 0.1) is 11.7 Å². The molecule has 0 aromatic heterocycles. The highest BCUT2D eigenvalue weighted by Crippen LogP contribution is 2.25. The topological polar surface area (TPSA) is 72.2 Å². The number of hydrogen-bond acceptors (Lipinski definition) is 3. The van der Waals surface area contributed by atoms with Crippen molar-refractivity contribution >= 4 is 15.7 Å². The Labute approximate surface area is 102 Å². The van der Waals surface area contributed by atoms with Crippen molar-refractivity contribution in [1.82, 2.24) is 4.72 Å². The molecule has 0 aliphatic rings. The smallest absolute Gasteiger partial charge is 0.243 e. The van der Waals surface area contributed by atoms with E-state index in [9.17, 15) is 8.42 Å². The van der Waals surface area contributed by atoms with E-state index in [0.717, 1.165) is 5.56 Å². The molecule has 0 fully saturated rings. The molecule has 0 aliphatic carbocycles. The van der Waals surface area contributed by atoms with Gasteiger partial charge in [-0.05, 0) is 31.9 Å². The molecule has 1 atom stereocenters. The van der Waals surface area contributed by atoms with E-state index in [1.165, 1.54) is 0 Å². The van der Waals surface area contributed by atoms with E-state index in [-0.39, 0.29) is 10.6 Å². The van der Waals surface area contributed by atoms with Crippen LogP contribution < -0.4 is 10.5 Å². The largest absolute Gasteiger partial charge is 0.397 e. The number of nitrogen functional groups attached to an aromatic ring is 1. The molecule has 3 N–H and O–H groups in total. The van der Waals surface area contributed by atoms with Crippen LogP contribution in [0.2, 0.25) is 0 Å². The van der Waals surface area contributed by atoms with Gasteiger partial charge in [-0.25, -0.2) is 8.42 Å². The maximum Gasteiger partial charge on any atom is 0.243 e. The average Bonchev–Trinajstić information content (AvgIpc) is 2.23. The maximum absolute atomic E-state index is 12.1. The third kappa shape index (κ3) is 2.78. The van der Waals surface area contributed by atoms with Crippen molar-refractivity contribution in [3.8, 4) is 12.3 Å². The second-order valence-electron chi connectivity index (χ2n) is 3.95. The highest BCUT2D eigenvalue weighted by Gasteiger charge is 2.22. The summed E-state index contributed by atoms with van der Waals surface area (Å²) in [6, 6.07) is 2.94. The number of terminal acetylenes is 1. The van der Waals surface area contributed by atoms with Gasteiger partial charge in [-0.3, -0.25) is 0 Å². The Balaban J connectivity index is 3.35. The minimum Gasteiger partial charge on any atom is -0.397 e. The molecule has 0 spiro atoms. The lowest BCUT2D eigenvalue weighted by Gasteiger charge is -2.14. The molecule has 0 radical (unpaired) electrons. The first-order chi connectivity index (χ1) is 7.79. The molecule has 1 unspecified atom stereocenters. The Hall–Kier alpha value is -1.51. The third-order valence-electron chi connectivity index (χ3n) is 2.46. The van der Waals surface area contributed by atoms with Gasteiger partial charge in [0.25, 0.3) is 0 Å². The summed E-state index contributed by atoms with van der Waals surface area (Å²) in [6.07, 6.45) is 5.16. The second-order valence-corrected chi connectivity index (χ2v) is 5.60. The summed E-state index contributed by atoms with van der Waals surface area (Å²) < 4.78 is 26.6. The van der Waals surface area contributed by atoms with Crippen LogP contribution in [0, 0.1) is 26.2 Å². The van der Waals surface area contributed by atoms with E-state index in [1.807, 2.05) is 0 Å². The number of rotatable bonds is 3. The molecule has 1 aromatic carbocycles. The summed E-state index contributed by atoms with van der Waals surface area (Å²) >= 11 is 0. The van der Waals surface area contributed by atoms with Crippen molar-refractivity contribution in [3.63, 3.8) is 0 Å². The Morgan fingerprint density at radius 1 is 1.35 bits per heavy atom. The van der Waals surface area contributed by atoms with Crippen LogP contribution in [0.25, 0.3) is 0 Å². The van der Waals surface area contributed by atoms with Crippen LogP contribution in [-0.4, -0.2) is 14.5 Å². The lowest BCUT2D eigenvalue weighted by Crippen LogP contribution is -2.32. The van der Waals surface area contributed by atoms with Gasteiger partial charge in [-0.2, -0.15) is 4.72 Å². The lowest BCUT2D eigenvalue weighted by atomic mass is 10.1. The molecular weight excluding hydrogens is 236 g/mol. The van der Waals surface area contributed by atoms with Crippen LogP contribution in [0.3, 0.4) is 0 Å². The zero-order valence-corrected chi connectivity index (χ0v) is 10.9. The highest BCUT2D eigenvalue weighted by atomic mass is 32.2. The van der Waals surface area contributed by atoms with Crippen LogP contribution in [0.5, 0.6) is 0 Å². The summed E-state index contributed by atoms with van der Waals surface area (Å²) in [7, 11) is -3.67. The molecule has 1 aromatic rings. The number of hydrogen-bond donors (Lipinski definition) is 2. The van der Waals surface area contributed by atoms with Gasteiger partial charge >= 0.3 is 0 Å². The summed E-state index contributed by atoms with van der Waals surface area (Å²) in [5, 5.41) is 0. The monoisotopic (exact) mass is 252 g/mol. The maximum atomic E-state index is 12.1. The number of aryl methyl sites for hydroxylation is 2. The SMILES string of the molecule is C#CC(C)NS(=O)(=O)c1c(C)ccc(C)c1N. The Morgan fingerprint density at radius 2 is 1.88 bits per heavy atom. The van der Waals surface area contributed by atoms with E-state index in [0.29, 0.717) is 5.56 Å². The van der Waals surface area contributed by atoms with Crippen molar-refractivity contribution in [2.45, 2.75) is 31.7 Å². The van der Waals surface area contributed by atoms with Crippen LogP contribution in [0.1, 0.15) is 18.1 Å². The second kappa shape index (κ2) is 4.78. The molecule has 0 heterocycles. The third-order valence-corrected chi connectivity index (χ3v) is 4.20. The minimum absolute atomic E-state index is 0.111. The molecule has 1 rings (SSSR count). The van der Waals surface area contributed by atoms with E-state index in [2.05, 4.69) is 10.6 Å². The number of nitrogens with two attached hydrogens (primary N) is 1. The molecule has 5 heteroatoms. The fourth-order valence-electron chi connectivity index (χ4n) is 1.49. The predicted molar refractivity (Wildman–Crippen MR) is 68.9 cm³/mol. The standard InChI is InChI=1S/C12H16N2O2S/c1-5-10(4)14-17(15,16)12-9(3)7-6-8(2)11(12)13/h1,6-7,10,14H,13H2,2-4H3. The quantitative estimate of drug-likeness (QED) is 0.627. The van der Waals surface area contributed by atoms with E-state index in [4.69, 9.17) is 12.2 Å². The first kappa shape index (κ1) is 13.6. The average molecular weight is 252 g/mol. The van der Waals surface area contributed by atoms with Crippen LogP contribution in [-0.2, 0) is 10.0 Å². The van der Waals surface area contributed by atoms with Crippen LogP contribution in [0.4, 0.5) is 5.69 Å². The molecule has 0 amide bonds. The fourth-order valence-corrected chi connectivity index (χ4v) is 3.08. The number of nitrogens with one attached hydrogen (secondary N) is 1. The molecule has 0 saturated heterocycles. The Bertz CT molecular complexity index is 571. The summed E-state index contributed by atoms with van der Waals surface area (Å²) in [5.41, 5.74) is 7.41. The molecule has 0 saturated carbocycles. The summed E-state index contributed by atoms with van der Waals surface area (Å²) in [5.74, 6) is 2.31. The van der Waals surface area contributed by atoms with E-state index < -0.39 is 16.1 Å². The number of benzene rings is 1. The first-order valence-electron chi connectivity index (χ1n) is 5.13. The van der Waals surface area contributed by atoms with Crippen molar-refractivity contribution in [1.29, 1.82) is 0 Å². The first-order valence-corrected chi connectivity index (χ1v) is 6.62. The Morgan fingerprint density at radius 3 is 2.41 bits per heavy atom. The zero-order chi connectivity index (χ0) is 13.2. The Kier molecular flexibility index (Phi) is 3.81. The van der Waals surface area contributed by atoms with Gasteiger partial charge < -0.3 is 5.73 Å². The normalized spacial score (nSPS) is 13.1. The van der Waals surface area contributed by atoms with Gasteiger partial charge in [0.1, 0.15) is 4.90 Å². The van der Waals surface area contributed by atoms with Gasteiger partial charge in [0, 0.05) is 0 Å². The predicted octanol–water partition coefficient (Wildman–Crippen LogP) is 1.19. The van der Waals surface area contributed by atoms with Gasteiger partial charge in [0.15, 0.2) is 0 Å². The molecular formula is C12H16N2O2S. The zero-order valence-electron chi connectivity index (χ0n) is 10.1. The van der Waals surface area contributed by atoms with Crippen molar-refractivity contribution in [3.05, 3.63) is 23.3 Å². The van der Waals surface area contributed by atoms with E-state index in [1.54, 1.807) is 32.9 Å². The molecule has 4 nitrogen and oxygen atoms in total. The van der Waals surface area contributed by atoms with Gasteiger partial charge in [-0.15, -0.1) is 6.42 Å². The molecule has 0 bridgehead atoms. The molecule has 17 heavy (non-hydrogen) atoms. The summed E-state index contributed by atoms with van der Waals surface area (Å²) in [4.78, 5) is 0.111. The summed E-state index contributed by atoms with van der Waals surface area (Å²) in [6.45, 7) is 5.06. The van der Waals surface area contributed by atoms with Crippen molar-refractivity contribution < 1.29 is 8.42 Å². The van der Waals surface area contributed by atoms with E-state index >= 15 is 0 Å². The van der Waals surface area contributed by atoms with Crippen molar-refractivity contribution in [2.24, 2.45) is 0 Å². The van der Waals surface area contributed by atoms with Crippen molar-refractivity contribution in [2.75, 3.05) is 5.73 Å². The minimum atomic E-state index is -3.67. The lowest BCUT2D eigenvalue weighted by molar-refractivity contribution is 0.577. The van der Waals surface area contributed by atoms with Crippen LogP contribution in [0.15, 0.2) is 17.0 Å². The number of sulfonamides is 1. The fraction of sp³-hybridized carbons (Fsp3) is 0.333. The number of anilines is 1. The molecule has 92 valence electrons. The van der Waals surface area contributed by atoms with Crippen LogP contribution >= 0.6 is 0 Å².